The molecule has 2 nitrogen and oxygen atoms in total. The van der Waals surface area contributed by atoms with Gasteiger partial charge in [0.1, 0.15) is 0 Å². The van der Waals surface area contributed by atoms with Gasteiger partial charge in [0.15, 0.2) is 5.82 Å². The molecule has 1 aliphatic carbocycles. The Kier molecular flexibility index (Phi) is 8.20. The molecule has 0 radical (unpaired) electrons. The number of benzene rings is 9. The maximum Gasteiger partial charge on any atom is 0.161 e. The summed E-state index contributed by atoms with van der Waals surface area (Å²) in [4.78, 5) is 10.7. The van der Waals surface area contributed by atoms with Crippen molar-refractivity contribution in [1.29, 1.82) is 0 Å². The van der Waals surface area contributed by atoms with Crippen molar-refractivity contribution in [3.63, 3.8) is 0 Å². The summed E-state index contributed by atoms with van der Waals surface area (Å²) >= 11 is 0. The Morgan fingerprint density at radius 1 is 0.322 bits per heavy atom. The monoisotopic (exact) mass is 752 g/mol. The number of aromatic nitrogens is 2. The van der Waals surface area contributed by atoms with Crippen LogP contribution in [0.25, 0.3) is 100.0 Å². The summed E-state index contributed by atoms with van der Waals surface area (Å²) in [6.45, 7) is 4.73. The van der Waals surface area contributed by atoms with Gasteiger partial charge in [0.2, 0.25) is 0 Å². The number of fused-ring (bicyclic) bond motifs is 6. The van der Waals surface area contributed by atoms with E-state index in [-0.39, 0.29) is 5.41 Å². The molecule has 0 bridgehead atoms. The van der Waals surface area contributed by atoms with E-state index >= 15 is 0 Å². The molecule has 0 saturated heterocycles. The van der Waals surface area contributed by atoms with E-state index in [4.69, 9.17) is 9.97 Å². The SMILES string of the molecule is CC1(C)c2ccc(-c3ccc(-c4nc(-c5ccccc5)cc(-c5ccc(-c6ccccc6)c(-c6ccccc6)c5)n4)c4ccccc34)cc2-c2ccc3ccccc3c21. The molecule has 1 heterocycles. The smallest absolute Gasteiger partial charge is 0.161 e. The summed E-state index contributed by atoms with van der Waals surface area (Å²) in [7, 11) is 0. The Hall–Kier alpha value is -7.42. The summed E-state index contributed by atoms with van der Waals surface area (Å²) in [5.74, 6) is 0.703. The van der Waals surface area contributed by atoms with Gasteiger partial charge in [-0.05, 0) is 101 Å². The topological polar surface area (TPSA) is 25.8 Å². The zero-order chi connectivity index (χ0) is 39.5. The average Bonchev–Trinajstić information content (AvgIpc) is 3.54. The largest absolute Gasteiger partial charge is 0.228 e. The first-order valence-electron chi connectivity index (χ1n) is 20.4. The van der Waals surface area contributed by atoms with Crippen LogP contribution >= 0.6 is 0 Å². The van der Waals surface area contributed by atoms with Gasteiger partial charge in [-0.15, -0.1) is 0 Å². The minimum atomic E-state index is -0.0987. The Balaban J connectivity index is 1.07. The number of rotatable bonds is 6. The van der Waals surface area contributed by atoms with E-state index in [1.165, 1.54) is 71.8 Å². The third kappa shape index (κ3) is 5.87. The van der Waals surface area contributed by atoms with Crippen molar-refractivity contribution in [3.05, 3.63) is 217 Å². The first-order chi connectivity index (χ1) is 29.0. The molecule has 0 amide bonds. The highest BCUT2D eigenvalue weighted by molar-refractivity contribution is 6.05. The molecule has 0 atom stereocenters. The maximum atomic E-state index is 5.39. The lowest BCUT2D eigenvalue weighted by Gasteiger charge is -2.23. The van der Waals surface area contributed by atoms with Crippen LogP contribution in [0.15, 0.2) is 206 Å². The number of hydrogen-bond acceptors (Lipinski definition) is 2. The van der Waals surface area contributed by atoms with Crippen LogP contribution in [-0.4, -0.2) is 9.97 Å². The molecule has 9 aromatic carbocycles. The van der Waals surface area contributed by atoms with Crippen LogP contribution in [0.5, 0.6) is 0 Å². The molecule has 1 aliphatic rings. The lowest BCUT2D eigenvalue weighted by molar-refractivity contribution is 0.666. The summed E-state index contributed by atoms with van der Waals surface area (Å²) < 4.78 is 0. The summed E-state index contributed by atoms with van der Waals surface area (Å²) in [5, 5.41) is 4.92. The van der Waals surface area contributed by atoms with Crippen LogP contribution in [0.2, 0.25) is 0 Å². The van der Waals surface area contributed by atoms with E-state index in [0.717, 1.165) is 33.5 Å². The molecule has 10 aromatic rings. The van der Waals surface area contributed by atoms with Crippen molar-refractivity contribution in [2.75, 3.05) is 0 Å². The van der Waals surface area contributed by atoms with Gasteiger partial charge in [0, 0.05) is 22.1 Å². The second-order valence-corrected chi connectivity index (χ2v) is 16.1. The highest BCUT2D eigenvalue weighted by Crippen LogP contribution is 2.52. The van der Waals surface area contributed by atoms with E-state index in [0.29, 0.717) is 5.82 Å². The van der Waals surface area contributed by atoms with Crippen molar-refractivity contribution in [2.45, 2.75) is 19.3 Å². The minimum absolute atomic E-state index is 0.0987. The zero-order valence-electron chi connectivity index (χ0n) is 33.0. The molecular weight excluding hydrogens is 713 g/mol. The van der Waals surface area contributed by atoms with Gasteiger partial charge in [0.25, 0.3) is 0 Å². The van der Waals surface area contributed by atoms with Gasteiger partial charge in [-0.1, -0.05) is 196 Å². The molecule has 278 valence electrons. The Labute approximate surface area is 345 Å². The van der Waals surface area contributed by atoms with Crippen LogP contribution in [0.4, 0.5) is 0 Å². The average molecular weight is 753 g/mol. The zero-order valence-corrected chi connectivity index (χ0v) is 33.0. The van der Waals surface area contributed by atoms with Crippen LogP contribution < -0.4 is 0 Å². The molecule has 0 spiro atoms. The highest BCUT2D eigenvalue weighted by Gasteiger charge is 2.37. The Bertz CT molecular complexity index is 3220. The Morgan fingerprint density at radius 2 is 0.831 bits per heavy atom. The van der Waals surface area contributed by atoms with Crippen molar-refractivity contribution >= 4 is 21.5 Å². The molecule has 0 aliphatic heterocycles. The standard InChI is InChI=1S/C57H40N2/c1-57(2)52-33-28-41(34-51(52)48-30-26-39-20-12-13-23-45(39)55(48)57)44-31-32-49(47-25-15-14-24-46(44)47)56-58-53(40-21-10-5-11-22-40)36-54(59-56)42-27-29-43(37-16-6-3-7-17-37)50(35-42)38-18-8-4-9-19-38/h3-36H,1-2H3. The van der Waals surface area contributed by atoms with E-state index in [9.17, 15) is 0 Å². The van der Waals surface area contributed by atoms with E-state index < -0.39 is 0 Å². The second kappa shape index (κ2) is 13.9. The molecule has 2 heteroatoms. The molecule has 0 N–H and O–H groups in total. The predicted molar refractivity (Wildman–Crippen MR) is 247 cm³/mol. The maximum absolute atomic E-state index is 5.39. The fourth-order valence-electron chi connectivity index (χ4n) is 9.43. The van der Waals surface area contributed by atoms with Crippen LogP contribution in [-0.2, 0) is 5.41 Å². The third-order valence-corrected chi connectivity index (χ3v) is 12.3. The predicted octanol–water partition coefficient (Wildman–Crippen LogP) is 15.1. The van der Waals surface area contributed by atoms with Gasteiger partial charge in [-0.3, -0.25) is 0 Å². The summed E-state index contributed by atoms with van der Waals surface area (Å²) in [6.07, 6.45) is 0. The van der Waals surface area contributed by atoms with Gasteiger partial charge in [-0.2, -0.15) is 0 Å². The first-order valence-corrected chi connectivity index (χ1v) is 20.4. The quantitative estimate of drug-likeness (QED) is 0.169. The molecule has 1 aromatic heterocycles. The Morgan fingerprint density at radius 3 is 1.54 bits per heavy atom. The fourth-order valence-corrected chi connectivity index (χ4v) is 9.43. The van der Waals surface area contributed by atoms with E-state index in [1.807, 2.05) is 6.07 Å². The lowest BCUT2D eigenvalue weighted by Crippen LogP contribution is -2.15. The van der Waals surface area contributed by atoms with Crippen molar-refractivity contribution in [1.82, 2.24) is 9.97 Å². The normalized spacial score (nSPS) is 12.7. The number of nitrogens with zero attached hydrogens (tertiary/aromatic N) is 2. The van der Waals surface area contributed by atoms with Gasteiger partial charge >= 0.3 is 0 Å². The molecule has 0 saturated carbocycles. The van der Waals surface area contributed by atoms with Crippen LogP contribution in [0.3, 0.4) is 0 Å². The van der Waals surface area contributed by atoms with E-state index in [1.54, 1.807) is 0 Å². The summed E-state index contributed by atoms with van der Waals surface area (Å²) in [6, 6.07) is 74.2. The lowest BCUT2D eigenvalue weighted by atomic mass is 9.80. The molecular formula is C57H40N2. The molecule has 59 heavy (non-hydrogen) atoms. The molecule has 0 unspecified atom stereocenters. The van der Waals surface area contributed by atoms with Crippen molar-refractivity contribution < 1.29 is 0 Å². The molecule has 11 rings (SSSR count). The van der Waals surface area contributed by atoms with Crippen LogP contribution in [0, 0.1) is 0 Å². The highest BCUT2D eigenvalue weighted by atomic mass is 14.9. The van der Waals surface area contributed by atoms with Gasteiger partial charge < -0.3 is 0 Å². The van der Waals surface area contributed by atoms with Crippen molar-refractivity contribution in [2.24, 2.45) is 0 Å². The summed E-state index contributed by atoms with van der Waals surface area (Å²) in [5.41, 5.74) is 17.3. The number of hydrogen-bond donors (Lipinski definition) is 0. The van der Waals surface area contributed by atoms with Gasteiger partial charge in [-0.25, -0.2) is 9.97 Å². The minimum Gasteiger partial charge on any atom is -0.228 e. The van der Waals surface area contributed by atoms with Crippen molar-refractivity contribution in [3.8, 4) is 78.4 Å². The first kappa shape index (κ1) is 34.8. The molecule has 0 fully saturated rings. The van der Waals surface area contributed by atoms with Crippen LogP contribution in [0.1, 0.15) is 25.0 Å². The van der Waals surface area contributed by atoms with E-state index in [2.05, 4.69) is 214 Å². The fraction of sp³-hybridized carbons (Fsp3) is 0.0526. The third-order valence-electron chi connectivity index (χ3n) is 12.3. The van der Waals surface area contributed by atoms with Gasteiger partial charge in [0.05, 0.1) is 11.4 Å². The second-order valence-electron chi connectivity index (χ2n) is 16.1.